The molecule has 0 radical (unpaired) electrons. The first-order valence-electron chi connectivity index (χ1n) is 2.58. The maximum atomic E-state index is 9.75. The van der Waals surface area contributed by atoms with Crippen LogP contribution in [0.4, 0.5) is 0 Å². The lowest BCUT2D eigenvalue weighted by atomic mass is 10.2. The van der Waals surface area contributed by atoms with Gasteiger partial charge in [-0.1, -0.05) is 15.9 Å². The molecule has 0 aromatic carbocycles. The Morgan fingerprint density at radius 2 is 2.00 bits per heavy atom. The van der Waals surface area contributed by atoms with E-state index in [1.165, 1.54) is 0 Å². The summed E-state index contributed by atoms with van der Waals surface area (Å²) in [6, 6.07) is 0. The fourth-order valence-electron chi connectivity index (χ4n) is 0.359. The average Bonchev–Trinajstić information content (AvgIpc) is 1.87. The number of carbonyl (C=O) groups excluding carboxylic acids is 1. The van der Waals surface area contributed by atoms with E-state index in [-0.39, 0.29) is 6.42 Å². The van der Waals surface area contributed by atoms with Crippen molar-refractivity contribution in [1.29, 1.82) is 0 Å². The van der Waals surface area contributed by atoms with Crippen molar-refractivity contribution >= 4 is 22.2 Å². The Hall–Kier alpha value is 0.0700. The van der Waals surface area contributed by atoms with Crippen LogP contribution >= 0.6 is 15.9 Å². The van der Waals surface area contributed by atoms with Crippen molar-refractivity contribution < 1.29 is 15.0 Å². The number of halogens is 1. The Bertz CT molecular complexity index is 86.3. The van der Waals surface area contributed by atoms with Gasteiger partial charge >= 0.3 is 0 Å². The minimum atomic E-state index is -0.929. The summed E-state index contributed by atoms with van der Waals surface area (Å²) in [6.45, 7) is 0. The number of carbonyl (C=O) groups is 1. The van der Waals surface area contributed by atoms with Crippen LogP contribution in [0.3, 0.4) is 0 Å². The highest BCUT2D eigenvalue weighted by Gasteiger charge is 2.12. The Labute approximate surface area is 61.8 Å². The van der Waals surface area contributed by atoms with E-state index >= 15 is 0 Å². The largest absolute Gasteiger partial charge is 0.390 e. The van der Waals surface area contributed by atoms with E-state index < -0.39 is 12.2 Å². The van der Waals surface area contributed by atoms with E-state index in [0.29, 0.717) is 11.6 Å². The summed E-state index contributed by atoms with van der Waals surface area (Å²) in [6.07, 6.45) is -1.19. The minimum absolute atomic E-state index is 0.00718. The zero-order valence-corrected chi connectivity index (χ0v) is 6.41. The number of aliphatic hydroxyl groups excluding tert-OH is 2. The molecule has 0 aromatic rings. The van der Waals surface area contributed by atoms with Gasteiger partial charge in [-0.3, -0.25) is 0 Å². The summed E-state index contributed by atoms with van der Waals surface area (Å²) in [5.41, 5.74) is 0. The first kappa shape index (κ1) is 9.07. The highest BCUT2D eigenvalue weighted by Crippen LogP contribution is 1.99. The monoisotopic (exact) mass is 196 g/mol. The number of alkyl halides is 1. The number of hydrogen-bond acceptors (Lipinski definition) is 3. The van der Waals surface area contributed by atoms with Crippen LogP contribution in [0.5, 0.6) is 0 Å². The molecule has 0 saturated carbocycles. The standard InChI is InChI=1S/C5H9BrO3/c6-3-5(9)4(8)1-2-7/h2,4-5,8-9H,1,3H2. The molecule has 0 rings (SSSR count). The third-order valence-electron chi connectivity index (χ3n) is 0.940. The molecule has 2 N–H and O–H groups in total. The Morgan fingerprint density at radius 3 is 2.33 bits per heavy atom. The molecule has 2 unspecified atom stereocenters. The van der Waals surface area contributed by atoms with Crippen molar-refractivity contribution in [2.24, 2.45) is 0 Å². The predicted molar refractivity (Wildman–Crippen MR) is 36.5 cm³/mol. The van der Waals surface area contributed by atoms with Gasteiger partial charge in [-0.2, -0.15) is 0 Å². The maximum Gasteiger partial charge on any atom is 0.122 e. The molecule has 0 aliphatic heterocycles. The molecular formula is C5H9BrO3. The van der Waals surface area contributed by atoms with Crippen LogP contribution in [-0.4, -0.2) is 34.0 Å². The van der Waals surface area contributed by atoms with Gasteiger partial charge in [0.25, 0.3) is 0 Å². The third-order valence-corrected chi connectivity index (χ3v) is 1.60. The maximum absolute atomic E-state index is 9.75. The SMILES string of the molecule is O=CCC(O)C(O)CBr. The van der Waals surface area contributed by atoms with E-state index in [1.807, 2.05) is 0 Å². The second-order valence-corrected chi connectivity index (χ2v) is 2.34. The smallest absolute Gasteiger partial charge is 0.122 e. The lowest BCUT2D eigenvalue weighted by Gasteiger charge is -2.11. The van der Waals surface area contributed by atoms with Gasteiger partial charge in [0.1, 0.15) is 6.29 Å². The van der Waals surface area contributed by atoms with Crippen LogP contribution < -0.4 is 0 Å². The minimum Gasteiger partial charge on any atom is -0.390 e. The molecule has 0 aliphatic carbocycles. The van der Waals surface area contributed by atoms with Crippen LogP contribution in [0, 0.1) is 0 Å². The molecule has 0 bridgehead atoms. The molecule has 54 valence electrons. The number of aldehydes is 1. The van der Waals surface area contributed by atoms with Crippen LogP contribution in [-0.2, 0) is 4.79 Å². The lowest BCUT2D eigenvalue weighted by molar-refractivity contribution is -0.110. The summed E-state index contributed by atoms with van der Waals surface area (Å²) in [5.74, 6) is 0. The van der Waals surface area contributed by atoms with Crippen molar-refractivity contribution in [2.75, 3.05) is 5.33 Å². The van der Waals surface area contributed by atoms with Crippen molar-refractivity contribution in [3.63, 3.8) is 0 Å². The van der Waals surface area contributed by atoms with Crippen LogP contribution in [0.2, 0.25) is 0 Å². The number of rotatable bonds is 4. The van der Waals surface area contributed by atoms with E-state index in [1.54, 1.807) is 0 Å². The predicted octanol–water partition coefficient (Wildman–Crippen LogP) is -0.308. The summed E-state index contributed by atoms with van der Waals surface area (Å²) >= 11 is 2.96. The molecule has 0 aromatic heterocycles. The highest BCUT2D eigenvalue weighted by atomic mass is 79.9. The molecule has 0 fully saturated rings. The van der Waals surface area contributed by atoms with Gasteiger partial charge in [0.15, 0.2) is 0 Å². The van der Waals surface area contributed by atoms with Crippen molar-refractivity contribution in [3.05, 3.63) is 0 Å². The van der Waals surface area contributed by atoms with Crippen LogP contribution in [0.1, 0.15) is 6.42 Å². The molecule has 0 spiro atoms. The van der Waals surface area contributed by atoms with Crippen molar-refractivity contribution in [1.82, 2.24) is 0 Å². The molecule has 2 atom stereocenters. The Kier molecular flexibility index (Phi) is 4.94. The van der Waals surface area contributed by atoms with Gasteiger partial charge in [0.2, 0.25) is 0 Å². The third kappa shape index (κ3) is 3.61. The Morgan fingerprint density at radius 1 is 1.44 bits per heavy atom. The molecule has 0 heterocycles. The lowest BCUT2D eigenvalue weighted by Crippen LogP contribution is -2.27. The average molecular weight is 197 g/mol. The van der Waals surface area contributed by atoms with Crippen molar-refractivity contribution in [3.8, 4) is 0 Å². The fraction of sp³-hybridized carbons (Fsp3) is 0.800. The summed E-state index contributed by atoms with van der Waals surface area (Å²) in [4.78, 5) is 9.75. The topological polar surface area (TPSA) is 57.5 Å². The van der Waals surface area contributed by atoms with Crippen LogP contribution in [0.15, 0.2) is 0 Å². The second-order valence-electron chi connectivity index (χ2n) is 1.69. The molecule has 9 heavy (non-hydrogen) atoms. The second kappa shape index (κ2) is 4.90. The van der Waals surface area contributed by atoms with Gasteiger partial charge in [0.05, 0.1) is 12.2 Å². The first-order valence-corrected chi connectivity index (χ1v) is 3.70. The highest BCUT2D eigenvalue weighted by molar-refractivity contribution is 9.09. The summed E-state index contributed by atoms with van der Waals surface area (Å²) in [7, 11) is 0. The van der Waals surface area contributed by atoms with Gasteiger partial charge in [0, 0.05) is 11.8 Å². The summed E-state index contributed by atoms with van der Waals surface area (Å²) < 4.78 is 0. The fourth-order valence-corrected chi connectivity index (χ4v) is 0.790. The molecule has 0 saturated heterocycles. The van der Waals surface area contributed by atoms with E-state index in [9.17, 15) is 4.79 Å². The molecule has 0 aliphatic rings. The molecule has 4 heteroatoms. The van der Waals surface area contributed by atoms with Gasteiger partial charge < -0.3 is 15.0 Å². The summed E-state index contributed by atoms with van der Waals surface area (Å²) in [5, 5.41) is 17.9. The normalized spacial score (nSPS) is 16.8. The first-order chi connectivity index (χ1) is 4.22. The Balaban J connectivity index is 3.44. The van der Waals surface area contributed by atoms with Crippen molar-refractivity contribution in [2.45, 2.75) is 18.6 Å². The molecule has 3 nitrogen and oxygen atoms in total. The number of aliphatic hydroxyl groups is 2. The zero-order valence-electron chi connectivity index (χ0n) is 4.83. The van der Waals surface area contributed by atoms with Gasteiger partial charge in [-0.15, -0.1) is 0 Å². The number of hydrogen-bond donors (Lipinski definition) is 2. The van der Waals surface area contributed by atoms with E-state index in [0.717, 1.165) is 0 Å². The van der Waals surface area contributed by atoms with Crippen LogP contribution in [0.25, 0.3) is 0 Å². The molecule has 0 amide bonds. The van der Waals surface area contributed by atoms with Gasteiger partial charge in [-0.05, 0) is 0 Å². The molecular weight excluding hydrogens is 188 g/mol. The van der Waals surface area contributed by atoms with Gasteiger partial charge in [-0.25, -0.2) is 0 Å². The van der Waals surface area contributed by atoms with E-state index in [4.69, 9.17) is 10.2 Å². The van der Waals surface area contributed by atoms with E-state index in [2.05, 4.69) is 15.9 Å². The quantitative estimate of drug-likeness (QED) is 0.480. The zero-order chi connectivity index (χ0) is 7.28.